The second-order valence-corrected chi connectivity index (χ2v) is 6.46. The molecule has 0 aliphatic carbocycles. The SMILES string of the molecule is Cc1ccc(-c2cc(C(=O)N[C@H](CCn3cncn3)c3ccccc3)n[nH]2)o1. The number of hydrogen-bond donors (Lipinski definition) is 2. The van der Waals surface area contributed by atoms with E-state index in [4.69, 9.17) is 4.42 Å². The number of aryl methyl sites for hydroxylation is 2. The second-order valence-electron chi connectivity index (χ2n) is 6.46. The van der Waals surface area contributed by atoms with Crippen molar-refractivity contribution in [2.75, 3.05) is 0 Å². The molecular weight excluding hydrogens is 356 g/mol. The van der Waals surface area contributed by atoms with Crippen LogP contribution in [0.25, 0.3) is 11.5 Å². The Labute approximate surface area is 161 Å². The molecule has 0 saturated carbocycles. The summed E-state index contributed by atoms with van der Waals surface area (Å²) >= 11 is 0. The van der Waals surface area contributed by atoms with Gasteiger partial charge < -0.3 is 9.73 Å². The molecule has 3 heterocycles. The normalized spacial score (nSPS) is 12.0. The summed E-state index contributed by atoms with van der Waals surface area (Å²) in [5, 5.41) is 14.2. The molecule has 0 bridgehead atoms. The van der Waals surface area contributed by atoms with Crippen molar-refractivity contribution in [1.82, 2.24) is 30.3 Å². The molecular formula is C20H20N6O2. The predicted molar refractivity (Wildman–Crippen MR) is 102 cm³/mol. The summed E-state index contributed by atoms with van der Waals surface area (Å²) in [5.41, 5.74) is 2.00. The van der Waals surface area contributed by atoms with Gasteiger partial charge in [-0.2, -0.15) is 10.2 Å². The number of aromatic nitrogens is 5. The molecule has 2 N–H and O–H groups in total. The highest BCUT2D eigenvalue weighted by atomic mass is 16.3. The van der Waals surface area contributed by atoms with Crippen LogP contribution in [-0.4, -0.2) is 30.9 Å². The molecule has 1 amide bonds. The topological polar surface area (TPSA) is 102 Å². The van der Waals surface area contributed by atoms with Crippen molar-refractivity contribution in [3.05, 3.63) is 78.2 Å². The molecule has 4 rings (SSSR count). The van der Waals surface area contributed by atoms with Crippen LogP contribution in [0.4, 0.5) is 0 Å². The Morgan fingerprint density at radius 1 is 1.25 bits per heavy atom. The third kappa shape index (κ3) is 4.01. The Morgan fingerprint density at radius 2 is 2.11 bits per heavy atom. The van der Waals surface area contributed by atoms with Crippen molar-refractivity contribution in [1.29, 1.82) is 0 Å². The van der Waals surface area contributed by atoms with Crippen LogP contribution in [0.2, 0.25) is 0 Å². The molecule has 0 aliphatic rings. The summed E-state index contributed by atoms with van der Waals surface area (Å²) in [6.45, 7) is 2.50. The number of furan rings is 1. The van der Waals surface area contributed by atoms with Gasteiger partial charge in [0.1, 0.15) is 24.1 Å². The number of rotatable bonds is 7. The summed E-state index contributed by atoms with van der Waals surface area (Å²) in [6, 6.07) is 15.1. The lowest BCUT2D eigenvalue weighted by Crippen LogP contribution is -2.29. The summed E-state index contributed by atoms with van der Waals surface area (Å²) in [7, 11) is 0. The first-order valence-corrected chi connectivity index (χ1v) is 8.99. The molecule has 1 atom stereocenters. The van der Waals surface area contributed by atoms with Crippen LogP contribution < -0.4 is 5.32 Å². The maximum Gasteiger partial charge on any atom is 0.272 e. The molecule has 28 heavy (non-hydrogen) atoms. The zero-order valence-electron chi connectivity index (χ0n) is 15.4. The van der Waals surface area contributed by atoms with Gasteiger partial charge in [0.05, 0.1) is 6.04 Å². The van der Waals surface area contributed by atoms with E-state index in [0.717, 1.165) is 11.3 Å². The Hall–Kier alpha value is -3.68. The maximum absolute atomic E-state index is 12.8. The lowest BCUT2D eigenvalue weighted by molar-refractivity contribution is 0.0928. The largest absolute Gasteiger partial charge is 0.460 e. The van der Waals surface area contributed by atoms with E-state index < -0.39 is 0 Å². The molecule has 0 fully saturated rings. The average Bonchev–Trinajstić information content (AvgIpc) is 3.47. The van der Waals surface area contributed by atoms with E-state index in [2.05, 4.69) is 25.6 Å². The van der Waals surface area contributed by atoms with Crippen LogP contribution >= 0.6 is 0 Å². The molecule has 0 radical (unpaired) electrons. The van der Waals surface area contributed by atoms with Crippen molar-refractivity contribution in [3.8, 4) is 11.5 Å². The van der Waals surface area contributed by atoms with Gasteiger partial charge in [-0.3, -0.25) is 14.6 Å². The molecule has 0 unspecified atom stereocenters. The van der Waals surface area contributed by atoms with E-state index in [0.29, 0.717) is 30.1 Å². The number of carbonyl (C=O) groups is 1. The first-order valence-electron chi connectivity index (χ1n) is 8.99. The van der Waals surface area contributed by atoms with Crippen LogP contribution in [-0.2, 0) is 6.54 Å². The van der Waals surface area contributed by atoms with Crippen molar-refractivity contribution in [2.24, 2.45) is 0 Å². The third-order valence-corrected chi connectivity index (χ3v) is 4.44. The number of hydrogen-bond acceptors (Lipinski definition) is 5. The highest BCUT2D eigenvalue weighted by Crippen LogP contribution is 2.22. The number of carbonyl (C=O) groups excluding carboxylic acids is 1. The van der Waals surface area contributed by atoms with Gasteiger partial charge in [-0.25, -0.2) is 4.98 Å². The highest BCUT2D eigenvalue weighted by Gasteiger charge is 2.19. The first kappa shape index (κ1) is 17.7. The smallest absolute Gasteiger partial charge is 0.272 e. The number of nitrogens with zero attached hydrogens (tertiary/aromatic N) is 4. The first-order chi connectivity index (χ1) is 13.7. The minimum atomic E-state index is -0.252. The maximum atomic E-state index is 12.8. The Kier molecular flexibility index (Phi) is 5.01. The number of benzene rings is 1. The Bertz CT molecular complexity index is 1040. The molecule has 0 saturated heterocycles. The third-order valence-electron chi connectivity index (χ3n) is 4.44. The van der Waals surface area contributed by atoms with Gasteiger partial charge in [0, 0.05) is 12.6 Å². The van der Waals surface area contributed by atoms with Crippen LogP contribution in [0.1, 0.15) is 34.3 Å². The molecule has 1 aromatic carbocycles. The zero-order valence-corrected chi connectivity index (χ0v) is 15.4. The highest BCUT2D eigenvalue weighted by molar-refractivity contribution is 5.93. The molecule has 142 valence electrons. The fourth-order valence-electron chi connectivity index (χ4n) is 2.99. The lowest BCUT2D eigenvalue weighted by Gasteiger charge is -2.18. The van der Waals surface area contributed by atoms with Crippen LogP contribution in [0.5, 0.6) is 0 Å². The van der Waals surface area contributed by atoms with E-state index in [1.54, 1.807) is 17.1 Å². The second kappa shape index (κ2) is 7.91. The van der Waals surface area contributed by atoms with Crippen molar-refractivity contribution < 1.29 is 9.21 Å². The van der Waals surface area contributed by atoms with Crippen LogP contribution in [0.3, 0.4) is 0 Å². The molecule has 0 aliphatic heterocycles. The van der Waals surface area contributed by atoms with E-state index >= 15 is 0 Å². The standard InChI is InChI=1S/C20H20N6O2/c1-14-7-8-19(28-14)17-11-18(25-24-17)20(27)23-16(15-5-3-2-4-6-15)9-10-26-13-21-12-22-26/h2-8,11-13,16H,9-10H2,1H3,(H,23,27)(H,24,25)/t16-/m1/s1. The lowest BCUT2D eigenvalue weighted by atomic mass is 10.0. The van der Waals surface area contributed by atoms with Gasteiger partial charge in [-0.1, -0.05) is 30.3 Å². The van der Waals surface area contributed by atoms with E-state index in [1.807, 2.05) is 49.4 Å². The zero-order chi connectivity index (χ0) is 19.3. The molecule has 4 aromatic rings. The summed E-state index contributed by atoms with van der Waals surface area (Å²) < 4.78 is 7.32. The summed E-state index contributed by atoms with van der Waals surface area (Å²) in [5.74, 6) is 1.20. The van der Waals surface area contributed by atoms with Gasteiger partial charge in [0.2, 0.25) is 0 Å². The molecule has 0 spiro atoms. The van der Waals surface area contributed by atoms with E-state index in [1.165, 1.54) is 6.33 Å². The van der Waals surface area contributed by atoms with Crippen molar-refractivity contribution in [3.63, 3.8) is 0 Å². The minimum Gasteiger partial charge on any atom is -0.460 e. The molecule has 8 heteroatoms. The van der Waals surface area contributed by atoms with Crippen molar-refractivity contribution in [2.45, 2.75) is 25.9 Å². The van der Waals surface area contributed by atoms with Gasteiger partial charge in [-0.05, 0) is 31.0 Å². The van der Waals surface area contributed by atoms with Crippen LogP contribution in [0, 0.1) is 6.92 Å². The quantitative estimate of drug-likeness (QED) is 0.516. The molecule has 8 nitrogen and oxygen atoms in total. The number of amides is 1. The van der Waals surface area contributed by atoms with Crippen molar-refractivity contribution >= 4 is 5.91 Å². The Morgan fingerprint density at radius 3 is 2.82 bits per heavy atom. The van der Waals surface area contributed by atoms with Gasteiger partial charge in [-0.15, -0.1) is 0 Å². The van der Waals surface area contributed by atoms with Gasteiger partial charge in [0.15, 0.2) is 11.5 Å². The molecule has 3 aromatic heterocycles. The van der Waals surface area contributed by atoms with Gasteiger partial charge >= 0.3 is 0 Å². The minimum absolute atomic E-state index is 0.177. The van der Waals surface area contributed by atoms with Crippen LogP contribution in [0.15, 0.2) is 65.6 Å². The van der Waals surface area contributed by atoms with E-state index in [9.17, 15) is 4.79 Å². The van der Waals surface area contributed by atoms with E-state index in [-0.39, 0.29) is 11.9 Å². The monoisotopic (exact) mass is 376 g/mol. The number of nitrogens with one attached hydrogen (secondary N) is 2. The summed E-state index contributed by atoms with van der Waals surface area (Å²) in [6.07, 6.45) is 3.83. The average molecular weight is 376 g/mol. The predicted octanol–water partition coefficient (Wildman–Crippen LogP) is 3.13. The number of H-pyrrole nitrogens is 1. The fourth-order valence-corrected chi connectivity index (χ4v) is 2.99. The number of aromatic amines is 1. The summed E-state index contributed by atoms with van der Waals surface area (Å²) in [4.78, 5) is 16.7. The Balaban J connectivity index is 1.49. The fraction of sp³-hybridized carbons (Fsp3) is 0.200. The van der Waals surface area contributed by atoms with Gasteiger partial charge in [0.25, 0.3) is 5.91 Å².